The quantitative estimate of drug-likeness (QED) is 0.118. The van der Waals surface area contributed by atoms with E-state index >= 15 is 0 Å². The Labute approximate surface area is 336 Å². The van der Waals surface area contributed by atoms with Crippen LogP contribution in [0.2, 0.25) is 0 Å². The molecule has 12 rings (SSSR count). The molecule has 0 unspecified atom stereocenters. The van der Waals surface area contributed by atoms with Gasteiger partial charge in [-0.25, -0.2) is 0 Å². The van der Waals surface area contributed by atoms with Crippen LogP contribution in [0.5, 0.6) is 0 Å². The second-order valence-electron chi connectivity index (χ2n) is 15.5. The lowest BCUT2D eigenvalue weighted by Gasteiger charge is -2.21. The zero-order chi connectivity index (χ0) is 38.5. The van der Waals surface area contributed by atoms with Gasteiger partial charge in [0, 0.05) is 0 Å². The van der Waals surface area contributed by atoms with Gasteiger partial charge in [-0.05, 0) is 137 Å². The monoisotopic (exact) mass is 732 g/mol. The van der Waals surface area contributed by atoms with Gasteiger partial charge in [0.25, 0.3) is 0 Å². The summed E-state index contributed by atoms with van der Waals surface area (Å²) < 4.78 is 0. The number of benzene rings is 10. The summed E-state index contributed by atoms with van der Waals surface area (Å²) in [5.74, 6) is 0. The molecule has 0 saturated carbocycles. The van der Waals surface area contributed by atoms with Crippen molar-refractivity contribution in [2.75, 3.05) is 0 Å². The highest BCUT2D eigenvalue weighted by atomic mass is 14.3. The van der Waals surface area contributed by atoms with Crippen molar-refractivity contribution >= 4 is 91.8 Å². The molecule has 268 valence electrons. The number of allylic oxidation sites excluding steroid dienone is 4. The van der Waals surface area contributed by atoms with Crippen LogP contribution in [0.4, 0.5) is 0 Å². The van der Waals surface area contributed by atoms with E-state index in [1.165, 1.54) is 120 Å². The molecule has 0 N–H and O–H groups in total. The zero-order valence-corrected chi connectivity index (χ0v) is 31.9. The molecule has 0 spiro atoms. The Kier molecular flexibility index (Phi) is 7.03. The fraction of sp³-hybridized carbons (Fsp3) is 0. The summed E-state index contributed by atoms with van der Waals surface area (Å²) >= 11 is 0. The van der Waals surface area contributed by atoms with Gasteiger partial charge < -0.3 is 0 Å². The number of rotatable bonds is 6. The molecule has 0 aromatic heterocycles. The molecule has 0 aliphatic heterocycles. The average Bonchev–Trinajstić information content (AvgIpc) is 3.79. The van der Waals surface area contributed by atoms with Crippen LogP contribution >= 0.6 is 0 Å². The van der Waals surface area contributed by atoms with Crippen LogP contribution in [0.1, 0.15) is 5.56 Å². The first-order chi connectivity index (χ1) is 28.7. The maximum atomic E-state index is 4.29. The van der Waals surface area contributed by atoms with Gasteiger partial charge in [0.05, 0.1) is 0 Å². The summed E-state index contributed by atoms with van der Waals surface area (Å²) in [7, 11) is 0. The Balaban J connectivity index is 1.38. The molecule has 58 heavy (non-hydrogen) atoms. The molecule has 12 aromatic carbocycles. The molecule has 0 radical (unpaired) electrons. The Morgan fingerprint density at radius 1 is 0.345 bits per heavy atom. The van der Waals surface area contributed by atoms with Gasteiger partial charge in [0.2, 0.25) is 0 Å². The molecule has 12 aromatic rings. The van der Waals surface area contributed by atoms with E-state index in [4.69, 9.17) is 0 Å². The first-order valence-electron chi connectivity index (χ1n) is 20.1. The van der Waals surface area contributed by atoms with Crippen LogP contribution in [0, 0.1) is 0 Å². The fourth-order valence-corrected chi connectivity index (χ4v) is 10.4. The Bertz CT molecular complexity index is 3690. The van der Waals surface area contributed by atoms with E-state index in [0.29, 0.717) is 0 Å². The minimum absolute atomic E-state index is 1.05. The van der Waals surface area contributed by atoms with Crippen molar-refractivity contribution in [3.05, 3.63) is 213 Å². The number of fused-ring (bicyclic) bond motifs is 9. The highest BCUT2D eigenvalue weighted by molar-refractivity contribution is 6.45. The summed E-state index contributed by atoms with van der Waals surface area (Å²) in [6.07, 6.45) is 5.91. The van der Waals surface area contributed by atoms with Crippen LogP contribution in [0.15, 0.2) is 207 Å². The van der Waals surface area contributed by atoms with Gasteiger partial charge in [-0.3, -0.25) is 0 Å². The maximum Gasteiger partial charge on any atom is -0.000718 e. The van der Waals surface area contributed by atoms with Gasteiger partial charge in [0.15, 0.2) is 0 Å². The van der Waals surface area contributed by atoms with Crippen LogP contribution in [-0.2, 0) is 0 Å². The smallest absolute Gasteiger partial charge is 0.000718 e. The lowest BCUT2D eigenvalue weighted by atomic mass is 9.82. The topological polar surface area (TPSA) is 0 Å². The largest absolute Gasteiger partial charge is 0.0990 e. The number of hydrogen-bond acceptors (Lipinski definition) is 0. The predicted molar refractivity (Wildman–Crippen MR) is 254 cm³/mol. The minimum Gasteiger partial charge on any atom is -0.0990 e. The van der Waals surface area contributed by atoms with E-state index in [1.807, 2.05) is 12.2 Å². The third-order valence-corrected chi connectivity index (χ3v) is 12.7. The molecule has 0 aliphatic rings. The third kappa shape index (κ3) is 4.40. The van der Waals surface area contributed by atoms with Crippen molar-refractivity contribution in [1.82, 2.24) is 0 Å². The highest BCUT2D eigenvalue weighted by Gasteiger charge is 2.28. The Hall–Kier alpha value is -7.54. The lowest BCUT2D eigenvalue weighted by Crippen LogP contribution is -1.94. The molecule has 0 bridgehead atoms. The van der Waals surface area contributed by atoms with Crippen molar-refractivity contribution in [1.29, 1.82) is 0 Å². The van der Waals surface area contributed by atoms with E-state index in [-0.39, 0.29) is 0 Å². The van der Waals surface area contributed by atoms with Crippen LogP contribution in [0.3, 0.4) is 0 Å². The molecule has 0 heteroatoms. The SMILES string of the molecule is C=C/C=C(\C=C)c1ccccc1-c1c2cc3c4ccccc4c4cccc(c2c(-c2ccccc2)c2c5ccc(-c6cccc7ccccc67)c6cccc(c12)c65)c43. The van der Waals surface area contributed by atoms with E-state index in [1.54, 1.807) is 0 Å². The van der Waals surface area contributed by atoms with Gasteiger partial charge in [0.1, 0.15) is 0 Å². The van der Waals surface area contributed by atoms with E-state index in [2.05, 4.69) is 195 Å². The van der Waals surface area contributed by atoms with Crippen molar-refractivity contribution in [2.24, 2.45) is 0 Å². The molecule has 0 heterocycles. The Morgan fingerprint density at radius 3 is 1.71 bits per heavy atom. The molecule has 0 amide bonds. The molecular weight excluding hydrogens is 697 g/mol. The van der Waals surface area contributed by atoms with E-state index in [0.717, 1.165) is 11.1 Å². The summed E-state index contributed by atoms with van der Waals surface area (Å²) in [6, 6.07) is 65.5. The summed E-state index contributed by atoms with van der Waals surface area (Å²) in [6.45, 7) is 8.38. The third-order valence-electron chi connectivity index (χ3n) is 12.7. The van der Waals surface area contributed by atoms with Gasteiger partial charge in [-0.1, -0.05) is 201 Å². The predicted octanol–water partition coefficient (Wildman–Crippen LogP) is 16.5. The zero-order valence-electron chi connectivity index (χ0n) is 31.9. The van der Waals surface area contributed by atoms with Crippen LogP contribution in [-0.4, -0.2) is 0 Å². The standard InChI is InChI=1S/C58H36/c1-3-17-35(4-2)38-22-10-13-26-44(38)55-51-34-50-42-25-12-11-24-41(42)45-28-15-30-47(54(45)50)56(51)52(37-19-6-5-7-20-37)57-49-33-32-43(46-29-16-31-48(53(46)49)58(55)57)40-27-14-21-36-18-8-9-23-39(36)40/h3-34H,1-2H2/b35-17+. The fourth-order valence-electron chi connectivity index (χ4n) is 10.4. The van der Waals surface area contributed by atoms with Gasteiger partial charge in [-0.15, -0.1) is 0 Å². The second kappa shape index (κ2) is 12.5. The van der Waals surface area contributed by atoms with Crippen molar-refractivity contribution in [3.63, 3.8) is 0 Å². The normalized spacial score (nSPS) is 12.4. The van der Waals surface area contributed by atoms with Crippen LogP contribution < -0.4 is 0 Å². The van der Waals surface area contributed by atoms with Crippen molar-refractivity contribution in [2.45, 2.75) is 0 Å². The molecule has 0 nitrogen and oxygen atoms in total. The summed E-state index contributed by atoms with van der Waals surface area (Å²) in [4.78, 5) is 0. The first-order valence-corrected chi connectivity index (χ1v) is 20.1. The van der Waals surface area contributed by atoms with E-state index < -0.39 is 0 Å². The van der Waals surface area contributed by atoms with Gasteiger partial charge in [-0.2, -0.15) is 0 Å². The molecule has 0 saturated heterocycles. The average molecular weight is 733 g/mol. The minimum atomic E-state index is 1.05. The summed E-state index contributed by atoms with van der Waals surface area (Å²) in [5.41, 5.74) is 9.63. The maximum absolute atomic E-state index is 4.29. The number of hydrogen-bond donors (Lipinski definition) is 0. The molecular formula is C58H36. The Morgan fingerprint density at radius 2 is 0.897 bits per heavy atom. The lowest BCUT2D eigenvalue weighted by molar-refractivity contribution is 1.61. The van der Waals surface area contributed by atoms with Crippen molar-refractivity contribution in [3.8, 4) is 33.4 Å². The first kappa shape index (κ1) is 32.7. The summed E-state index contributed by atoms with van der Waals surface area (Å²) in [5, 5.41) is 20.6. The molecule has 0 atom stereocenters. The molecule has 0 aliphatic carbocycles. The van der Waals surface area contributed by atoms with Crippen molar-refractivity contribution < 1.29 is 0 Å². The van der Waals surface area contributed by atoms with E-state index in [9.17, 15) is 0 Å². The highest BCUT2D eigenvalue weighted by Crippen LogP contribution is 2.56. The second-order valence-corrected chi connectivity index (χ2v) is 15.5. The van der Waals surface area contributed by atoms with Crippen LogP contribution in [0.25, 0.3) is 125 Å². The van der Waals surface area contributed by atoms with Gasteiger partial charge >= 0.3 is 0 Å². The molecule has 0 fully saturated rings.